The molecule has 0 unspecified atom stereocenters. The fourth-order valence-corrected chi connectivity index (χ4v) is 4.29. The Hall–Kier alpha value is -2.73. The summed E-state index contributed by atoms with van der Waals surface area (Å²) in [6.07, 6.45) is 0. The highest BCUT2D eigenvalue weighted by Gasteiger charge is 2.29. The summed E-state index contributed by atoms with van der Waals surface area (Å²) in [6.45, 7) is 0. The number of benzene rings is 4. The monoisotopic (exact) mass is 298 g/mol. The van der Waals surface area contributed by atoms with Gasteiger partial charge in [-0.3, -0.25) is 0 Å². The average molecular weight is 298 g/mol. The van der Waals surface area contributed by atoms with E-state index in [2.05, 4.69) is 87.4 Å². The molecule has 4 aromatic carbocycles. The molecule has 106 valence electrons. The minimum Gasteiger partial charge on any atom is -0.0788 e. The van der Waals surface area contributed by atoms with Crippen LogP contribution in [-0.4, -0.2) is 14.6 Å². The summed E-state index contributed by atoms with van der Waals surface area (Å²) in [6, 6.07) is 26.4. The van der Waals surface area contributed by atoms with Gasteiger partial charge in [-0.2, -0.15) is 0 Å². The molecule has 0 N–H and O–H groups in total. The lowest BCUT2D eigenvalue weighted by molar-refractivity contribution is 1.71. The van der Waals surface area contributed by atoms with Crippen molar-refractivity contribution < 1.29 is 0 Å². The molecular formula is C22H12B2. The Balaban J connectivity index is 1.65. The van der Waals surface area contributed by atoms with E-state index in [0.717, 1.165) is 0 Å². The predicted octanol–water partition coefficient (Wildman–Crippen LogP) is 2.11. The summed E-state index contributed by atoms with van der Waals surface area (Å²) in [7, 11) is 4.70. The van der Waals surface area contributed by atoms with Crippen LogP contribution in [0.5, 0.6) is 0 Å². The third kappa shape index (κ3) is 1.51. The minimum absolute atomic E-state index is 1.31. The second kappa shape index (κ2) is 4.42. The maximum absolute atomic E-state index is 2.36. The number of fused-ring (bicyclic) bond motifs is 9. The molecular weight excluding hydrogens is 286 g/mol. The quantitative estimate of drug-likeness (QED) is 0.377. The first-order valence-corrected chi connectivity index (χ1v) is 8.38. The molecule has 0 saturated heterocycles. The lowest BCUT2D eigenvalue weighted by Gasteiger charge is -2.10. The summed E-state index contributed by atoms with van der Waals surface area (Å²) in [5.41, 5.74) is 10.9. The van der Waals surface area contributed by atoms with Gasteiger partial charge in [-0.15, -0.1) is 0 Å². The van der Waals surface area contributed by atoms with E-state index in [-0.39, 0.29) is 0 Å². The molecule has 24 heavy (non-hydrogen) atoms. The molecule has 0 spiro atoms. The zero-order valence-electron chi connectivity index (χ0n) is 13.1. The van der Waals surface area contributed by atoms with Crippen molar-refractivity contribution in [3.63, 3.8) is 0 Å². The molecule has 0 saturated carbocycles. The maximum atomic E-state index is 2.36. The van der Waals surface area contributed by atoms with Crippen LogP contribution in [0.2, 0.25) is 0 Å². The molecule has 2 aliphatic rings. The molecule has 0 fully saturated rings. The van der Waals surface area contributed by atoms with Gasteiger partial charge in [0, 0.05) is 0 Å². The topological polar surface area (TPSA) is 0 Å². The Bertz CT molecular complexity index is 1160. The van der Waals surface area contributed by atoms with E-state index in [1.54, 1.807) is 0 Å². The van der Waals surface area contributed by atoms with Gasteiger partial charge in [0.15, 0.2) is 14.6 Å². The second-order valence-electron chi connectivity index (χ2n) is 6.61. The summed E-state index contributed by atoms with van der Waals surface area (Å²) in [5, 5.41) is 2.66. The maximum Gasteiger partial charge on any atom is 0.192 e. The molecule has 6 rings (SSSR count). The van der Waals surface area contributed by atoms with Crippen LogP contribution in [0.1, 0.15) is 0 Å². The lowest BCUT2D eigenvalue weighted by atomic mass is 9.57. The van der Waals surface area contributed by atoms with E-state index in [9.17, 15) is 0 Å². The zero-order valence-corrected chi connectivity index (χ0v) is 13.1. The van der Waals surface area contributed by atoms with Gasteiger partial charge in [0.1, 0.15) is 0 Å². The van der Waals surface area contributed by atoms with Crippen molar-refractivity contribution in [1.82, 2.24) is 0 Å². The summed E-state index contributed by atoms with van der Waals surface area (Å²) < 4.78 is 0. The molecule has 0 nitrogen and oxygen atoms in total. The van der Waals surface area contributed by atoms with Crippen molar-refractivity contribution in [2.45, 2.75) is 0 Å². The van der Waals surface area contributed by atoms with Crippen molar-refractivity contribution in [2.75, 3.05) is 0 Å². The molecule has 2 heterocycles. The summed E-state index contributed by atoms with van der Waals surface area (Å²) in [4.78, 5) is 0. The molecule has 4 aromatic rings. The summed E-state index contributed by atoms with van der Waals surface area (Å²) in [5.74, 6) is 0. The fraction of sp³-hybridized carbons (Fsp3) is 0. The van der Waals surface area contributed by atoms with Crippen molar-refractivity contribution in [2.24, 2.45) is 0 Å². The van der Waals surface area contributed by atoms with Crippen molar-refractivity contribution in [1.29, 1.82) is 0 Å². The van der Waals surface area contributed by atoms with Crippen molar-refractivity contribution in [3.8, 4) is 22.3 Å². The Morgan fingerprint density at radius 1 is 0.500 bits per heavy atom. The van der Waals surface area contributed by atoms with Crippen LogP contribution in [0.25, 0.3) is 33.0 Å². The smallest absolute Gasteiger partial charge is 0.0788 e. The first kappa shape index (κ1) is 12.7. The lowest BCUT2D eigenvalue weighted by Crippen LogP contribution is -2.39. The van der Waals surface area contributed by atoms with Gasteiger partial charge in [-0.25, -0.2) is 0 Å². The van der Waals surface area contributed by atoms with E-state index in [1.165, 1.54) is 54.9 Å². The van der Waals surface area contributed by atoms with Gasteiger partial charge in [0.2, 0.25) is 0 Å². The second-order valence-corrected chi connectivity index (χ2v) is 6.61. The summed E-state index contributed by atoms with van der Waals surface area (Å²) >= 11 is 0. The highest BCUT2D eigenvalue weighted by Crippen LogP contribution is 2.30. The van der Waals surface area contributed by atoms with E-state index in [1.807, 2.05) is 0 Å². The molecule has 2 radical (unpaired) electrons. The first-order valence-electron chi connectivity index (χ1n) is 8.38. The third-order valence-electron chi connectivity index (χ3n) is 5.37. The predicted molar refractivity (Wildman–Crippen MR) is 105 cm³/mol. The number of hydrogen-bond donors (Lipinski definition) is 0. The van der Waals surface area contributed by atoms with Crippen molar-refractivity contribution in [3.05, 3.63) is 72.8 Å². The van der Waals surface area contributed by atoms with Gasteiger partial charge < -0.3 is 0 Å². The SMILES string of the molecule is [B]1c2ccccc2-c2ccc3c(c21)[B]c1ccc2ccccc2c1-3. The Labute approximate surface area is 142 Å². The highest BCUT2D eigenvalue weighted by molar-refractivity contribution is 6.85. The van der Waals surface area contributed by atoms with E-state index in [0.29, 0.717) is 0 Å². The first-order chi connectivity index (χ1) is 11.9. The van der Waals surface area contributed by atoms with Crippen LogP contribution in [0.4, 0.5) is 0 Å². The standard InChI is InChI=1S/C22H12B2/c1-2-6-14-13(5-1)9-12-19-20(14)17-11-10-16-15-7-3-4-8-18(15)23-21(16)22(17)24-19/h1-12H. The Morgan fingerprint density at radius 3 is 2.25 bits per heavy atom. The normalized spacial score (nSPS) is 12.8. The van der Waals surface area contributed by atoms with Gasteiger partial charge in [0.25, 0.3) is 0 Å². The van der Waals surface area contributed by atoms with Crippen LogP contribution in [0, 0.1) is 0 Å². The Morgan fingerprint density at radius 2 is 1.25 bits per heavy atom. The van der Waals surface area contributed by atoms with Crippen LogP contribution in [-0.2, 0) is 0 Å². The third-order valence-corrected chi connectivity index (χ3v) is 5.37. The minimum atomic E-state index is 1.31. The van der Waals surface area contributed by atoms with Crippen LogP contribution in [0.15, 0.2) is 72.8 Å². The van der Waals surface area contributed by atoms with Crippen LogP contribution >= 0.6 is 0 Å². The van der Waals surface area contributed by atoms with Crippen LogP contribution in [0.3, 0.4) is 0 Å². The average Bonchev–Trinajstić information content (AvgIpc) is 3.20. The molecule has 2 aliphatic heterocycles. The Kier molecular flexibility index (Phi) is 2.33. The molecule has 0 amide bonds. The molecule has 0 atom stereocenters. The van der Waals surface area contributed by atoms with E-state index in [4.69, 9.17) is 0 Å². The van der Waals surface area contributed by atoms with Gasteiger partial charge in [-0.05, 0) is 33.0 Å². The largest absolute Gasteiger partial charge is 0.192 e. The van der Waals surface area contributed by atoms with Gasteiger partial charge in [-0.1, -0.05) is 94.6 Å². The number of hydrogen-bond acceptors (Lipinski definition) is 0. The molecule has 0 bridgehead atoms. The van der Waals surface area contributed by atoms with Crippen molar-refractivity contribution >= 4 is 47.2 Å². The fourth-order valence-electron chi connectivity index (χ4n) is 4.29. The van der Waals surface area contributed by atoms with Gasteiger partial charge in [0.05, 0.1) is 0 Å². The molecule has 0 aliphatic carbocycles. The molecule has 0 aromatic heterocycles. The van der Waals surface area contributed by atoms with Gasteiger partial charge >= 0.3 is 0 Å². The van der Waals surface area contributed by atoms with E-state index < -0.39 is 0 Å². The number of rotatable bonds is 0. The van der Waals surface area contributed by atoms with E-state index >= 15 is 0 Å². The van der Waals surface area contributed by atoms with Crippen LogP contribution < -0.4 is 21.9 Å². The highest BCUT2D eigenvalue weighted by atomic mass is 14.2. The molecule has 2 heteroatoms. The zero-order chi connectivity index (χ0) is 15.7.